The summed E-state index contributed by atoms with van der Waals surface area (Å²) in [5, 5.41) is 7.23. The third-order valence-electron chi connectivity index (χ3n) is 3.63. The first-order valence-corrected chi connectivity index (χ1v) is 7.42. The summed E-state index contributed by atoms with van der Waals surface area (Å²) in [6.45, 7) is 2.87. The van der Waals surface area contributed by atoms with E-state index in [2.05, 4.69) is 10.4 Å². The monoisotopic (exact) mass is 323 g/mol. The van der Waals surface area contributed by atoms with Crippen LogP contribution in [0.3, 0.4) is 0 Å². The molecule has 1 N–H and O–H groups in total. The lowest BCUT2D eigenvalue weighted by atomic mass is 10.00. The van der Waals surface area contributed by atoms with Crippen LogP contribution < -0.4 is 10.1 Å². The van der Waals surface area contributed by atoms with Crippen molar-refractivity contribution in [2.45, 2.75) is 25.9 Å². The van der Waals surface area contributed by atoms with E-state index in [1.165, 1.54) is 23.0 Å². The second-order valence-electron chi connectivity index (χ2n) is 5.00. The van der Waals surface area contributed by atoms with Crippen LogP contribution in [-0.4, -0.2) is 22.3 Å². The van der Waals surface area contributed by atoms with Crippen molar-refractivity contribution in [2.24, 2.45) is 0 Å². The summed E-state index contributed by atoms with van der Waals surface area (Å²) in [7, 11) is 0. The number of benzene rings is 1. The van der Waals surface area contributed by atoms with Crippen LogP contribution in [0.4, 0.5) is 4.39 Å². The number of aryl methyl sites for hydroxylation is 1. The molecule has 1 atom stereocenters. The Kier molecular flexibility index (Phi) is 4.02. The molecule has 0 radical (unpaired) electrons. The van der Waals surface area contributed by atoms with Crippen LogP contribution >= 0.6 is 11.6 Å². The number of nitrogens with zero attached hydrogens (tertiary/aromatic N) is 2. The highest BCUT2D eigenvalue weighted by Gasteiger charge is 2.26. The number of aromatic nitrogens is 2. The van der Waals surface area contributed by atoms with Gasteiger partial charge in [-0.1, -0.05) is 11.6 Å². The topological polar surface area (TPSA) is 56.2 Å². The minimum absolute atomic E-state index is 0.297. The highest BCUT2D eigenvalue weighted by Crippen LogP contribution is 2.32. The number of hydrogen-bond acceptors (Lipinski definition) is 3. The molecule has 116 valence electrons. The fraction of sp³-hybridized carbons (Fsp3) is 0.333. The van der Waals surface area contributed by atoms with Crippen LogP contribution in [0, 0.1) is 5.82 Å². The molecular formula is C15H15ClFN3O2. The Morgan fingerprint density at radius 1 is 1.59 bits per heavy atom. The second kappa shape index (κ2) is 5.96. The predicted molar refractivity (Wildman–Crippen MR) is 79.6 cm³/mol. The fourth-order valence-corrected chi connectivity index (χ4v) is 2.80. The molecule has 2 heterocycles. The average Bonchev–Trinajstić information content (AvgIpc) is 2.89. The first-order chi connectivity index (χ1) is 10.6. The summed E-state index contributed by atoms with van der Waals surface area (Å²) in [4.78, 5) is 12.5. The van der Waals surface area contributed by atoms with Crippen molar-refractivity contribution in [3.63, 3.8) is 0 Å². The molecule has 22 heavy (non-hydrogen) atoms. The maximum absolute atomic E-state index is 13.5. The number of halogens is 2. The average molecular weight is 324 g/mol. The fourth-order valence-electron chi connectivity index (χ4n) is 2.57. The maximum Gasteiger partial charge on any atom is 0.271 e. The standard InChI is InChI=1S/C15H15ClFN3O2/c1-2-20-14(11(16)8-18-20)15(21)19-12-5-6-22-13-4-3-9(17)7-10(12)13/h3-4,7-8,12H,2,5-6H2,1H3,(H,19,21). The summed E-state index contributed by atoms with van der Waals surface area (Å²) >= 11 is 6.03. The van der Waals surface area contributed by atoms with Gasteiger partial charge in [0.2, 0.25) is 0 Å². The lowest BCUT2D eigenvalue weighted by molar-refractivity contribution is 0.0914. The molecule has 1 amide bonds. The van der Waals surface area contributed by atoms with Crippen molar-refractivity contribution in [1.82, 2.24) is 15.1 Å². The van der Waals surface area contributed by atoms with Gasteiger partial charge in [-0.05, 0) is 25.1 Å². The molecule has 2 aromatic rings. The van der Waals surface area contributed by atoms with Crippen LogP contribution in [0.5, 0.6) is 5.75 Å². The van der Waals surface area contributed by atoms with Gasteiger partial charge in [0.05, 0.1) is 23.9 Å². The molecule has 0 saturated carbocycles. The zero-order valence-electron chi connectivity index (χ0n) is 12.0. The normalized spacial score (nSPS) is 16.8. The van der Waals surface area contributed by atoms with Crippen molar-refractivity contribution in [1.29, 1.82) is 0 Å². The Labute approximate surface area is 132 Å². The molecule has 0 spiro atoms. The van der Waals surface area contributed by atoms with Gasteiger partial charge < -0.3 is 10.1 Å². The molecule has 7 heteroatoms. The summed E-state index contributed by atoms with van der Waals surface area (Å²) in [6, 6.07) is 3.99. The van der Waals surface area contributed by atoms with Crippen LogP contribution in [0.25, 0.3) is 0 Å². The Morgan fingerprint density at radius 2 is 2.41 bits per heavy atom. The number of amides is 1. The number of carbonyl (C=O) groups is 1. The van der Waals surface area contributed by atoms with Crippen molar-refractivity contribution < 1.29 is 13.9 Å². The maximum atomic E-state index is 13.5. The lowest BCUT2D eigenvalue weighted by Crippen LogP contribution is -2.33. The van der Waals surface area contributed by atoms with Crippen molar-refractivity contribution >= 4 is 17.5 Å². The third-order valence-corrected chi connectivity index (χ3v) is 3.90. The second-order valence-corrected chi connectivity index (χ2v) is 5.41. The number of hydrogen-bond donors (Lipinski definition) is 1. The molecule has 0 aliphatic carbocycles. The number of ether oxygens (including phenoxy) is 1. The SMILES string of the molecule is CCn1ncc(Cl)c1C(=O)NC1CCOc2ccc(F)cc21. The van der Waals surface area contributed by atoms with E-state index in [-0.39, 0.29) is 17.8 Å². The largest absolute Gasteiger partial charge is 0.493 e. The highest BCUT2D eigenvalue weighted by molar-refractivity contribution is 6.33. The van der Waals surface area contributed by atoms with E-state index in [0.29, 0.717) is 41.6 Å². The van der Waals surface area contributed by atoms with Gasteiger partial charge in [0.1, 0.15) is 17.3 Å². The minimum atomic E-state index is -0.361. The van der Waals surface area contributed by atoms with Crippen molar-refractivity contribution in [2.75, 3.05) is 6.61 Å². The van der Waals surface area contributed by atoms with Crippen LogP contribution in [0.1, 0.15) is 35.4 Å². The smallest absolute Gasteiger partial charge is 0.271 e. The van der Waals surface area contributed by atoms with Gasteiger partial charge in [-0.2, -0.15) is 5.10 Å². The van der Waals surface area contributed by atoms with Crippen LogP contribution in [-0.2, 0) is 6.54 Å². The molecule has 0 bridgehead atoms. The van der Waals surface area contributed by atoms with Gasteiger partial charge >= 0.3 is 0 Å². The van der Waals surface area contributed by atoms with E-state index in [9.17, 15) is 9.18 Å². The highest BCUT2D eigenvalue weighted by atomic mass is 35.5. The van der Waals surface area contributed by atoms with Crippen LogP contribution in [0.15, 0.2) is 24.4 Å². The van der Waals surface area contributed by atoms with Gasteiger partial charge in [0.25, 0.3) is 5.91 Å². The zero-order chi connectivity index (χ0) is 15.7. The zero-order valence-corrected chi connectivity index (χ0v) is 12.7. The number of nitrogens with one attached hydrogen (secondary N) is 1. The van der Waals surface area contributed by atoms with E-state index >= 15 is 0 Å². The molecule has 0 saturated heterocycles. The quantitative estimate of drug-likeness (QED) is 0.945. The Morgan fingerprint density at radius 3 is 3.18 bits per heavy atom. The minimum Gasteiger partial charge on any atom is -0.493 e. The van der Waals surface area contributed by atoms with Gasteiger partial charge in [-0.15, -0.1) is 0 Å². The van der Waals surface area contributed by atoms with Gasteiger partial charge in [-0.25, -0.2) is 4.39 Å². The summed E-state index contributed by atoms with van der Waals surface area (Å²) in [6.07, 6.45) is 2.01. The number of fused-ring (bicyclic) bond motifs is 1. The first-order valence-electron chi connectivity index (χ1n) is 7.04. The van der Waals surface area contributed by atoms with E-state index in [4.69, 9.17) is 16.3 Å². The summed E-state index contributed by atoms with van der Waals surface area (Å²) in [5.41, 5.74) is 0.951. The Balaban J connectivity index is 1.87. The van der Waals surface area contributed by atoms with Gasteiger partial charge in [-0.3, -0.25) is 9.48 Å². The van der Waals surface area contributed by atoms with Crippen molar-refractivity contribution in [3.05, 3.63) is 46.5 Å². The molecule has 3 rings (SSSR count). The summed E-state index contributed by atoms with van der Waals surface area (Å²) in [5.74, 6) is -0.0976. The number of carbonyl (C=O) groups excluding carboxylic acids is 1. The van der Waals surface area contributed by atoms with Gasteiger partial charge in [0.15, 0.2) is 0 Å². The Hall–Kier alpha value is -2.08. The molecule has 5 nitrogen and oxygen atoms in total. The van der Waals surface area contributed by atoms with E-state index in [1.54, 1.807) is 6.07 Å². The van der Waals surface area contributed by atoms with E-state index < -0.39 is 0 Å². The summed E-state index contributed by atoms with van der Waals surface area (Å²) < 4.78 is 20.5. The molecular weight excluding hydrogens is 309 g/mol. The third kappa shape index (κ3) is 2.66. The molecule has 1 aliphatic rings. The Bertz CT molecular complexity index is 717. The molecule has 1 aliphatic heterocycles. The molecule has 0 fully saturated rings. The first kappa shape index (κ1) is 14.8. The molecule has 1 aromatic heterocycles. The van der Waals surface area contributed by atoms with E-state index in [0.717, 1.165) is 0 Å². The van der Waals surface area contributed by atoms with E-state index in [1.807, 2.05) is 6.92 Å². The molecule has 1 aromatic carbocycles. The van der Waals surface area contributed by atoms with Gasteiger partial charge in [0, 0.05) is 18.5 Å². The lowest BCUT2D eigenvalue weighted by Gasteiger charge is -2.26. The predicted octanol–water partition coefficient (Wildman–Crippen LogP) is 2.95. The van der Waals surface area contributed by atoms with Crippen molar-refractivity contribution in [3.8, 4) is 5.75 Å². The molecule has 1 unspecified atom stereocenters. The number of rotatable bonds is 3. The van der Waals surface area contributed by atoms with Crippen LogP contribution in [0.2, 0.25) is 5.02 Å².